The second-order valence-corrected chi connectivity index (χ2v) is 2.25. The summed E-state index contributed by atoms with van der Waals surface area (Å²) in [6.07, 6.45) is 0. The summed E-state index contributed by atoms with van der Waals surface area (Å²) >= 11 is 0. The van der Waals surface area contributed by atoms with Crippen LogP contribution in [-0.2, 0) is 6.54 Å². The van der Waals surface area contributed by atoms with Gasteiger partial charge in [0.2, 0.25) is 5.95 Å². The number of nitrogen functional groups attached to an aromatic ring is 1. The summed E-state index contributed by atoms with van der Waals surface area (Å²) in [5, 5.41) is 0. The normalized spacial score (nSPS) is 14.2. The zero-order valence-electron chi connectivity index (χ0n) is 5.64. The average molecular weight is 153 g/mol. The van der Waals surface area contributed by atoms with Crippen LogP contribution in [0.25, 0.3) is 0 Å². The average Bonchev–Trinajstić information content (AvgIpc) is 2.34. The number of hydrogen-bond acceptors (Lipinski definition) is 5. The third-order valence-electron chi connectivity index (χ3n) is 1.48. The molecule has 1 aromatic rings. The molecule has 1 aliphatic rings. The van der Waals surface area contributed by atoms with Gasteiger partial charge < -0.3 is 11.2 Å². The van der Waals surface area contributed by atoms with Crippen LogP contribution in [0.4, 0.5) is 11.6 Å². The van der Waals surface area contributed by atoms with Gasteiger partial charge in [0, 0.05) is 0 Å². The van der Waals surface area contributed by atoms with Gasteiger partial charge in [-0.2, -0.15) is 0 Å². The minimum absolute atomic E-state index is 0.152. The van der Waals surface area contributed by atoms with Crippen molar-refractivity contribution >= 4 is 11.6 Å². The standard InChI is InChI=1S/C5H7N5O/c6-5-8-2-1-7-10-3(2)4(11)9-5/h7,10H,1H2,(H3,6,8,9,11). The van der Waals surface area contributed by atoms with E-state index < -0.39 is 0 Å². The maximum absolute atomic E-state index is 11.1. The zero-order chi connectivity index (χ0) is 7.84. The molecule has 0 amide bonds. The number of rotatable bonds is 0. The number of nitrogens with two attached hydrogens (primary N) is 1. The lowest BCUT2D eigenvalue weighted by molar-refractivity contribution is 0.841. The number of hydrogen-bond donors (Lipinski definition) is 4. The highest BCUT2D eigenvalue weighted by atomic mass is 16.1. The van der Waals surface area contributed by atoms with Crippen LogP contribution < -0.4 is 22.1 Å². The maximum Gasteiger partial charge on any atom is 0.277 e. The van der Waals surface area contributed by atoms with Gasteiger partial charge in [0.1, 0.15) is 5.69 Å². The molecule has 0 saturated heterocycles. The Balaban J connectivity index is 2.70. The molecule has 0 atom stereocenters. The molecule has 6 nitrogen and oxygen atoms in total. The predicted molar refractivity (Wildman–Crippen MR) is 39.7 cm³/mol. The molecule has 1 aromatic heterocycles. The number of nitrogens with zero attached hydrogens (tertiary/aromatic N) is 1. The Bertz CT molecular complexity index is 343. The molecule has 0 unspecified atom stereocenters. The van der Waals surface area contributed by atoms with Gasteiger partial charge in [-0.05, 0) is 0 Å². The molecule has 0 spiro atoms. The second kappa shape index (κ2) is 1.96. The Labute approximate surface area is 61.8 Å². The summed E-state index contributed by atoms with van der Waals surface area (Å²) in [4.78, 5) is 17.3. The summed E-state index contributed by atoms with van der Waals surface area (Å²) < 4.78 is 0. The van der Waals surface area contributed by atoms with Gasteiger partial charge in [0.25, 0.3) is 5.56 Å². The quantitative estimate of drug-likeness (QED) is 0.375. The van der Waals surface area contributed by atoms with Gasteiger partial charge in [-0.1, -0.05) is 0 Å². The van der Waals surface area contributed by atoms with E-state index in [9.17, 15) is 4.79 Å². The van der Waals surface area contributed by atoms with Gasteiger partial charge in [-0.3, -0.25) is 9.78 Å². The van der Waals surface area contributed by atoms with E-state index in [0.717, 1.165) is 0 Å². The molecule has 0 saturated carbocycles. The van der Waals surface area contributed by atoms with Crippen molar-refractivity contribution in [2.45, 2.75) is 6.54 Å². The van der Waals surface area contributed by atoms with E-state index >= 15 is 0 Å². The molecule has 0 aromatic carbocycles. The van der Waals surface area contributed by atoms with Crippen molar-refractivity contribution in [1.82, 2.24) is 15.4 Å². The summed E-state index contributed by atoms with van der Waals surface area (Å²) in [6, 6.07) is 0. The van der Waals surface area contributed by atoms with Crippen LogP contribution in [0.2, 0.25) is 0 Å². The van der Waals surface area contributed by atoms with Crippen molar-refractivity contribution in [3.8, 4) is 0 Å². The van der Waals surface area contributed by atoms with E-state index in [1.807, 2.05) is 0 Å². The molecule has 2 rings (SSSR count). The second-order valence-electron chi connectivity index (χ2n) is 2.25. The number of nitrogens with one attached hydrogen (secondary N) is 3. The van der Waals surface area contributed by atoms with E-state index in [1.54, 1.807) is 0 Å². The van der Waals surface area contributed by atoms with Crippen LogP contribution in [-0.4, -0.2) is 9.97 Å². The number of aromatic amines is 1. The van der Waals surface area contributed by atoms with Crippen LogP contribution in [0, 0.1) is 0 Å². The molecule has 0 bridgehead atoms. The van der Waals surface area contributed by atoms with Crippen LogP contribution in [0.3, 0.4) is 0 Å². The minimum Gasteiger partial charge on any atom is -0.369 e. The molecule has 0 radical (unpaired) electrons. The largest absolute Gasteiger partial charge is 0.369 e. The molecular weight excluding hydrogens is 146 g/mol. The fraction of sp³-hybridized carbons (Fsp3) is 0.200. The molecule has 0 aliphatic carbocycles. The first kappa shape index (κ1) is 6.17. The molecule has 0 fully saturated rings. The molecule has 6 heteroatoms. The summed E-state index contributed by atoms with van der Waals surface area (Å²) in [7, 11) is 0. The lowest BCUT2D eigenvalue weighted by atomic mass is 10.4. The molecule has 11 heavy (non-hydrogen) atoms. The van der Waals surface area contributed by atoms with Gasteiger partial charge in [0.05, 0.1) is 12.2 Å². The van der Waals surface area contributed by atoms with Crippen LogP contribution in [0.5, 0.6) is 0 Å². The summed E-state index contributed by atoms with van der Waals surface area (Å²) in [5.41, 5.74) is 11.6. The van der Waals surface area contributed by atoms with Crippen molar-refractivity contribution in [2.24, 2.45) is 0 Å². The highest BCUT2D eigenvalue weighted by molar-refractivity contribution is 5.49. The molecule has 58 valence electrons. The van der Waals surface area contributed by atoms with Crippen molar-refractivity contribution in [3.05, 3.63) is 16.0 Å². The number of aromatic nitrogens is 2. The minimum atomic E-state index is -0.238. The topological polar surface area (TPSA) is 95.8 Å². The lowest BCUT2D eigenvalue weighted by Crippen LogP contribution is -2.17. The van der Waals surface area contributed by atoms with Crippen LogP contribution in [0.1, 0.15) is 5.69 Å². The fourth-order valence-corrected chi connectivity index (χ4v) is 1.01. The van der Waals surface area contributed by atoms with Crippen molar-refractivity contribution < 1.29 is 0 Å². The Hall–Kier alpha value is -1.56. The van der Waals surface area contributed by atoms with Crippen molar-refractivity contribution in [1.29, 1.82) is 0 Å². The molecule has 1 aliphatic heterocycles. The highest BCUT2D eigenvalue weighted by Gasteiger charge is 2.14. The smallest absolute Gasteiger partial charge is 0.277 e. The first-order valence-electron chi connectivity index (χ1n) is 3.15. The molecule has 5 N–H and O–H groups in total. The number of anilines is 2. The Morgan fingerprint density at radius 3 is 3.18 bits per heavy atom. The van der Waals surface area contributed by atoms with Gasteiger partial charge in [-0.25, -0.2) is 10.4 Å². The SMILES string of the molecule is Nc1nc2c(c(=O)[nH]1)NNC2. The Morgan fingerprint density at radius 1 is 1.55 bits per heavy atom. The number of fused-ring (bicyclic) bond motifs is 1. The fourth-order valence-electron chi connectivity index (χ4n) is 1.01. The number of hydrazine groups is 1. The third kappa shape index (κ3) is 0.838. The van der Waals surface area contributed by atoms with E-state index in [0.29, 0.717) is 17.9 Å². The van der Waals surface area contributed by atoms with E-state index in [-0.39, 0.29) is 11.5 Å². The lowest BCUT2D eigenvalue weighted by Gasteiger charge is -1.96. The highest BCUT2D eigenvalue weighted by Crippen LogP contribution is 2.10. The predicted octanol–water partition coefficient (Wildman–Crippen LogP) is -1.22. The first-order valence-corrected chi connectivity index (χ1v) is 3.15. The van der Waals surface area contributed by atoms with Gasteiger partial charge >= 0.3 is 0 Å². The van der Waals surface area contributed by atoms with Crippen molar-refractivity contribution in [3.63, 3.8) is 0 Å². The molecule has 2 heterocycles. The van der Waals surface area contributed by atoms with E-state index in [2.05, 4.69) is 20.8 Å². The van der Waals surface area contributed by atoms with E-state index in [4.69, 9.17) is 5.73 Å². The summed E-state index contributed by atoms with van der Waals surface area (Å²) in [5.74, 6) is 0.152. The maximum atomic E-state index is 11.1. The summed E-state index contributed by atoms with van der Waals surface area (Å²) in [6.45, 7) is 0.531. The van der Waals surface area contributed by atoms with Crippen LogP contribution >= 0.6 is 0 Å². The monoisotopic (exact) mass is 153 g/mol. The zero-order valence-corrected chi connectivity index (χ0v) is 5.64. The molecular formula is C5H7N5O. The third-order valence-corrected chi connectivity index (χ3v) is 1.48. The van der Waals surface area contributed by atoms with Gasteiger partial charge in [0.15, 0.2) is 0 Å². The Morgan fingerprint density at radius 2 is 2.36 bits per heavy atom. The van der Waals surface area contributed by atoms with Gasteiger partial charge in [-0.15, -0.1) is 0 Å². The van der Waals surface area contributed by atoms with Crippen molar-refractivity contribution in [2.75, 3.05) is 11.2 Å². The van der Waals surface area contributed by atoms with E-state index in [1.165, 1.54) is 0 Å². The Kier molecular flexibility index (Phi) is 1.10. The van der Waals surface area contributed by atoms with Crippen LogP contribution in [0.15, 0.2) is 4.79 Å². The number of H-pyrrole nitrogens is 1. The first-order chi connectivity index (χ1) is 5.27.